The van der Waals surface area contributed by atoms with E-state index < -0.39 is 11.7 Å². The lowest BCUT2D eigenvalue weighted by Gasteiger charge is -2.22. The summed E-state index contributed by atoms with van der Waals surface area (Å²) in [6.07, 6.45) is 4.31. The van der Waals surface area contributed by atoms with Crippen LogP contribution in [0.3, 0.4) is 0 Å². The van der Waals surface area contributed by atoms with Crippen LogP contribution in [-0.2, 0) is 4.79 Å². The molecule has 1 atom stereocenters. The molecule has 0 radical (unpaired) electrons. The van der Waals surface area contributed by atoms with E-state index in [1.807, 2.05) is 0 Å². The number of piperidine rings is 1. The van der Waals surface area contributed by atoms with Crippen LogP contribution in [0, 0.1) is 11.7 Å². The first-order valence-corrected chi connectivity index (χ1v) is 9.59. The molecule has 0 unspecified atom stereocenters. The second kappa shape index (κ2) is 8.00. The molecule has 4 rings (SSSR count). The first-order valence-electron chi connectivity index (χ1n) is 9.59. The molecule has 29 heavy (non-hydrogen) atoms. The van der Waals surface area contributed by atoms with Crippen molar-refractivity contribution in [2.75, 3.05) is 18.4 Å². The fraction of sp³-hybridized carbons (Fsp3) is 0.286. The normalized spacial score (nSPS) is 16.7. The van der Waals surface area contributed by atoms with Crippen molar-refractivity contribution in [3.8, 4) is 5.69 Å². The average Bonchev–Trinajstić information content (AvgIpc) is 3.12. The zero-order valence-corrected chi connectivity index (χ0v) is 15.8. The second-order valence-electron chi connectivity index (χ2n) is 7.34. The molecule has 1 fully saturated rings. The summed E-state index contributed by atoms with van der Waals surface area (Å²) < 4.78 is 15.3. The topological polar surface area (TPSA) is 102 Å². The van der Waals surface area contributed by atoms with Crippen molar-refractivity contribution in [2.24, 2.45) is 11.7 Å². The van der Waals surface area contributed by atoms with E-state index in [4.69, 9.17) is 5.73 Å². The van der Waals surface area contributed by atoms with E-state index in [2.05, 4.69) is 15.7 Å². The van der Waals surface area contributed by atoms with E-state index in [0.29, 0.717) is 34.6 Å². The molecule has 8 heteroatoms. The van der Waals surface area contributed by atoms with Crippen LogP contribution in [-0.4, -0.2) is 34.7 Å². The number of nitrogens with two attached hydrogens (primary N) is 1. The van der Waals surface area contributed by atoms with Crippen molar-refractivity contribution in [3.05, 3.63) is 54.0 Å². The molecule has 0 saturated carbocycles. The first kappa shape index (κ1) is 19.1. The largest absolute Gasteiger partial charge is 0.366 e. The quantitative estimate of drug-likeness (QED) is 0.618. The Balaban J connectivity index is 1.49. The van der Waals surface area contributed by atoms with Crippen molar-refractivity contribution >= 4 is 28.4 Å². The third kappa shape index (κ3) is 4.27. The Labute approximate surface area is 167 Å². The number of anilines is 1. The molecule has 150 valence electrons. The van der Waals surface area contributed by atoms with Gasteiger partial charge in [0.1, 0.15) is 11.3 Å². The van der Waals surface area contributed by atoms with E-state index >= 15 is 0 Å². The number of primary amides is 1. The molecule has 1 saturated heterocycles. The van der Waals surface area contributed by atoms with E-state index in [1.165, 1.54) is 6.07 Å². The Morgan fingerprint density at radius 1 is 1.28 bits per heavy atom. The van der Waals surface area contributed by atoms with Crippen LogP contribution in [0.4, 0.5) is 10.1 Å². The number of fused-ring (bicyclic) bond motifs is 1. The summed E-state index contributed by atoms with van der Waals surface area (Å²) in [6.45, 7) is 1.91. The highest BCUT2D eigenvalue weighted by Gasteiger charge is 2.17. The van der Waals surface area contributed by atoms with Crippen molar-refractivity contribution < 1.29 is 14.0 Å². The average molecular weight is 395 g/mol. The highest BCUT2D eigenvalue weighted by atomic mass is 19.1. The SMILES string of the molecule is NC(=O)c1cc(F)cc2cn(-c3ccc(NC(=O)C[C@H]4CCCNC4)cc3)nc12. The zero-order chi connectivity index (χ0) is 20.4. The molecule has 0 spiro atoms. The van der Waals surface area contributed by atoms with Gasteiger partial charge in [-0.3, -0.25) is 9.59 Å². The molecule has 7 nitrogen and oxygen atoms in total. The molecule has 1 aromatic heterocycles. The van der Waals surface area contributed by atoms with Gasteiger partial charge in [0, 0.05) is 23.7 Å². The van der Waals surface area contributed by atoms with Gasteiger partial charge in [0.15, 0.2) is 0 Å². The van der Waals surface area contributed by atoms with Gasteiger partial charge in [-0.15, -0.1) is 0 Å². The highest BCUT2D eigenvalue weighted by molar-refractivity contribution is 6.04. The van der Waals surface area contributed by atoms with E-state index in [-0.39, 0.29) is 11.5 Å². The fourth-order valence-electron chi connectivity index (χ4n) is 3.69. The Morgan fingerprint density at radius 3 is 2.76 bits per heavy atom. The van der Waals surface area contributed by atoms with Crippen LogP contribution in [0.5, 0.6) is 0 Å². The minimum absolute atomic E-state index is 0.00199. The number of halogens is 1. The Morgan fingerprint density at radius 2 is 2.07 bits per heavy atom. The number of hydrogen-bond donors (Lipinski definition) is 3. The zero-order valence-electron chi connectivity index (χ0n) is 15.8. The van der Waals surface area contributed by atoms with Crippen molar-refractivity contribution in [1.82, 2.24) is 15.1 Å². The fourth-order valence-corrected chi connectivity index (χ4v) is 3.69. The van der Waals surface area contributed by atoms with Gasteiger partial charge in [0.25, 0.3) is 5.91 Å². The molecular weight excluding hydrogens is 373 g/mol. The first-order chi connectivity index (χ1) is 14.0. The van der Waals surface area contributed by atoms with E-state index in [9.17, 15) is 14.0 Å². The Kier molecular flexibility index (Phi) is 5.26. The molecule has 2 aromatic carbocycles. The van der Waals surface area contributed by atoms with Crippen LogP contribution in [0.15, 0.2) is 42.6 Å². The number of nitrogens with zero attached hydrogens (tertiary/aromatic N) is 2. The van der Waals surface area contributed by atoms with Crippen LogP contribution in [0.25, 0.3) is 16.6 Å². The number of nitrogens with one attached hydrogen (secondary N) is 2. The van der Waals surface area contributed by atoms with Gasteiger partial charge in [-0.05, 0) is 68.2 Å². The van der Waals surface area contributed by atoms with Gasteiger partial charge in [-0.2, -0.15) is 5.10 Å². The Bertz CT molecular complexity index is 1050. The van der Waals surface area contributed by atoms with Gasteiger partial charge in [0.05, 0.1) is 11.3 Å². The van der Waals surface area contributed by atoms with Crippen LogP contribution in [0.1, 0.15) is 29.6 Å². The van der Waals surface area contributed by atoms with Gasteiger partial charge < -0.3 is 16.4 Å². The van der Waals surface area contributed by atoms with Crippen LogP contribution in [0.2, 0.25) is 0 Å². The number of amides is 2. The second-order valence-corrected chi connectivity index (χ2v) is 7.34. The summed E-state index contributed by atoms with van der Waals surface area (Å²) in [6, 6.07) is 9.55. The molecule has 1 aliphatic heterocycles. The number of carbonyl (C=O) groups is 2. The van der Waals surface area contributed by atoms with Crippen molar-refractivity contribution in [2.45, 2.75) is 19.3 Å². The molecule has 1 aliphatic rings. The summed E-state index contributed by atoms with van der Waals surface area (Å²) in [5.74, 6) is -0.903. The maximum atomic E-state index is 13.7. The van der Waals surface area contributed by atoms with Gasteiger partial charge in [0.2, 0.25) is 5.91 Å². The number of carbonyl (C=O) groups excluding carboxylic acids is 2. The number of aromatic nitrogens is 2. The molecular formula is C21H22FN5O2. The minimum Gasteiger partial charge on any atom is -0.366 e. The van der Waals surface area contributed by atoms with Gasteiger partial charge in [-0.25, -0.2) is 9.07 Å². The lowest BCUT2D eigenvalue weighted by molar-refractivity contribution is -0.117. The molecule has 0 aliphatic carbocycles. The predicted octanol–water partition coefficient (Wildman–Crippen LogP) is 2.59. The monoisotopic (exact) mass is 395 g/mol. The lowest BCUT2D eigenvalue weighted by atomic mass is 9.96. The van der Waals surface area contributed by atoms with Crippen LogP contribution >= 0.6 is 0 Å². The summed E-state index contributed by atoms with van der Waals surface area (Å²) in [4.78, 5) is 23.8. The summed E-state index contributed by atoms with van der Waals surface area (Å²) in [7, 11) is 0. The van der Waals surface area contributed by atoms with Gasteiger partial charge in [-0.1, -0.05) is 0 Å². The molecule has 4 N–H and O–H groups in total. The van der Waals surface area contributed by atoms with E-state index in [0.717, 1.165) is 32.0 Å². The maximum absolute atomic E-state index is 13.7. The minimum atomic E-state index is -0.731. The maximum Gasteiger partial charge on any atom is 0.251 e. The molecule has 2 amide bonds. The summed E-state index contributed by atoms with van der Waals surface area (Å²) >= 11 is 0. The summed E-state index contributed by atoms with van der Waals surface area (Å²) in [5, 5.41) is 11.1. The smallest absolute Gasteiger partial charge is 0.251 e. The Hall–Kier alpha value is -3.26. The standard InChI is InChI=1S/C21H22FN5O2/c22-15-9-14-12-27(26-20(14)18(10-15)21(23)29)17-5-3-16(4-6-17)25-19(28)8-13-2-1-7-24-11-13/h3-6,9-10,12-13,24H,1-2,7-8,11H2,(H2,23,29)(H,25,28)/t13-/m1/s1. The highest BCUT2D eigenvalue weighted by Crippen LogP contribution is 2.22. The van der Waals surface area contributed by atoms with Crippen LogP contribution < -0.4 is 16.4 Å². The van der Waals surface area contributed by atoms with Crippen molar-refractivity contribution in [3.63, 3.8) is 0 Å². The summed E-state index contributed by atoms with van der Waals surface area (Å²) in [5.41, 5.74) is 7.13. The molecule has 3 aromatic rings. The lowest BCUT2D eigenvalue weighted by Crippen LogP contribution is -2.32. The van der Waals surface area contributed by atoms with E-state index in [1.54, 1.807) is 35.1 Å². The third-order valence-electron chi connectivity index (χ3n) is 5.13. The number of rotatable bonds is 5. The molecule has 2 heterocycles. The van der Waals surface area contributed by atoms with Gasteiger partial charge >= 0.3 is 0 Å². The third-order valence-corrected chi connectivity index (χ3v) is 5.13. The number of benzene rings is 2. The van der Waals surface area contributed by atoms with Crippen molar-refractivity contribution in [1.29, 1.82) is 0 Å². The number of hydrogen-bond acceptors (Lipinski definition) is 4. The predicted molar refractivity (Wildman–Crippen MR) is 108 cm³/mol. The molecule has 0 bridgehead atoms.